The fraction of sp³-hybridized carbons (Fsp3) is 0.667. The van der Waals surface area contributed by atoms with Crippen molar-refractivity contribution in [1.82, 2.24) is 30.3 Å². The Bertz CT molecular complexity index is 717. The summed E-state index contributed by atoms with van der Waals surface area (Å²) in [5.74, 6) is 1.96. The molecule has 2 aromatic rings. The third-order valence-electron chi connectivity index (χ3n) is 5.33. The molecule has 0 bridgehead atoms. The predicted molar refractivity (Wildman–Crippen MR) is 121 cm³/mol. The number of nitrogens with zero attached hydrogens (tertiary/aromatic N) is 5. The Morgan fingerprint density at radius 1 is 1.28 bits per heavy atom. The Hall–Kier alpha value is -1.93. The largest absolute Gasteiger partial charge is 0.355 e. The van der Waals surface area contributed by atoms with E-state index in [1.807, 2.05) is 6.33 Å². The number of aliphatic imine (C=N–C) groups is 1. The maximum absolute atomic E-state index is 4.86. The van der Waals surface area contributed by atoms with Gasteiger partial charge in [-0.3, -0.25) is 4.99 Å². The summed E-state index contributed by atoms with van der Waals surface area (Å²) in [5.41, 5.74) is 0. The average Bonchev–Trinajstić information content (AvgIpc) is 3.41. The first-order valence-corrected chi connectivity index (χ1v) is 11.8. The lowest BCUT2D eigenvalue weighted by atomic mass is 10.1. The first kappa shape index (κ1) is 21.8. The molecule has 3 rings (SSSR count). The van der Waals surface area contributed by atoms with Crippen LogP contribution in [0, 0.1) is 0 Å². The molecule has 2 aromatic heterocycles. The Labute approximate surface area is 178 Å². The summed E-state index contributed by atoms with van der Waals surface area (Å²) in [6, 6.07) is 4.79. The first-order chi connectivity index (χ1) is 14.3. The van der Waals surface area contributed by atoms with Crippen LogP contribution in [0.2, 0.25) is 0 Å². The van der Waals surface area contributed by atoms with E-state index < -0.39 is 0 Å². The molecule has 3 heterocycles. The summed E-state index contributed by atoms with van der Waals surface area (Å²) in [7, 11) is 0. The second-order valence-corrected chi connectivity index (χ2v) is 8.57. The zero-order chi connectivity index (χ0) is 20.3. The standard InChI is InChI=1S/C21H35N7S/c1-3-12-27-13-8-18(9-14-27)25-21(22-10-7-19-6-5-16-29-19)23-11-15-28-17-24-26-20(28)4-2/h5-6,16-18H,3-4,7-15H2,1-2H3,(H2,22,23,25). The van der Waals surface area contributed by atoms with E-state index in [9.17, 15) is 0 Å². The van der Waals surface area contributed by atoms with Gasteiger partial charge in [0, 0.05) is 56.5 Å². The van der Waals surface area contributed by atoms with Crippen molar-refractivity contribution in [3.05, 3.63) is 34.5 Å². The Balaban J connectivity index is 1.51. The number of likely N-dealkylation sites (tertiary alicyclic amines) is 1. The molecular formula is C21H35N7S. The molecule has 0 unspecified atom stereocenters. The van der Waals surface area contributed by atoms with Gasteiger partial charge in [0.15, 0.2) is 5.96 Å². The van der Waals surface area contributed by atoms with Gasteiger partial charge in [-0.2, -0.15) is 0 Å². The lowest BCUT2D eigenvalue weighted by Crippen LogP contribution is -2.49. The molecule has 1 fully saturated rings. The van der Waals surface area contributed by atoms with Crippen molar-refractivity contribution in [2.24, 2.45) is 4.99 Å². The van der Waals surface area contributed by atoms with Gasteiger partial charge in [0.1, 0.15) is 12.2 Å². The minimum atomic E-state index is 0.497. The summed E-state index contributed by atoms with van der Waals surface area (Å²) in [4.78, 5) is 8.81. The highest BCUT2D eigenvalue weighted by molar-refractivity contribution is 7.09. The number of aromatic nitrogens is 3. The number of guanidine groups is 1. The number of hydrogen-bond donors (Lipinski definition) is 2. The molecule has 0 aromatic carbocycles. The average molecular weight is 418 g/mol. The maximum Gasteiger partial charge on any atom is 0.191 e. The van der Waals surface area contributed by atoms with Crippen molar-refractivity contribution in [2.75, 3.05) is 32.7 Å². The molecule has 0 saturated carbocycles. The van der Waals surface area contributed by atoms with Gasteiger partial charge in [0.25, 0.3) is 0 Å². The van der Waals surface area contributed by atoms with Crippen molar-refractivity contribution < 1.29 is 0 Å². The van der Waals surface area contributed by atoms with Crippen LogP contribution in [0.5, 0.6) is 0 Å². The minimum absolute atomic E-state index is 0.497. The number of rotatable bonds is 10. The van der Waals surface area contributed by atoms with E-state index in [1.54, 1.807) is 11.3 Å². The first-order valence-electron chi connectivity index (χ1n) is 10.9. The van der Waals surface area contributed by atoms with Gasteiger partial charge in [0.2, 0.25) is 0 Å². The Morgan fingerprint density at radius 3 is 2.86 bits per heavy atom. The third kappa shape index (κ3) is 7.12. The number of hydrogen-bond acceptors (Lipinski definition) is 5. The van der Waals surface area contributed by atoms with Crippen LogP contribution in [0.3, 0.4) is 0 Å². The highest BCUT2D eigenvalue weighted by Crippen LogP contribution is 2.11. The van der Waals surface area contributed by atoms with Crippen molar-refractivity contribution in [2.45, 2.75) is 58.5 Å². The number of nitrogens with one attached hydrogen (secondary N) is 2. The molecule has 160 valence electrons. The molecule has 1 aliphatic heterocycles. The molecule has 1 saturated heterocycles. The topological polar surface area (TPSA) is 70.4 Å². The molecule has 2 N–H and O–H groups in total. The summed E-state index contributed by atoms with van der Waals surface area (Å²) >= 11 is 1.80. The van der Waals surface area contributed by atoms with Crippen LogP contribution in [0.1, 0.15) is 43.8 Å². The van der Waals surface area contributed by atoms with Crippen LogP contribution in [0.25, 0.3) is 0 Å². The predicted octanol–water partition coefficient (Wildman–Crippen LogP) is 2.55. The van der Waals surface area contributed by atoms with Crippen molar-refractivity contribution in [3.63, 3.8) is 0 Å². The minimum Gasteiger partial charge on any atom is -0.355 e. The molecule has 7 nitrogen and oxygen atoms in total. The Morgan fingerprint density at radius 2 is 2.14 bits per heavy atom. The van der Waals surface area contributed by atoms with Crippen molar-refractivity contribution in [1.29, 1.82) is 0 Å². The van der Waals surface area contributed by atoms with E-state index in [2.05, 4.69) is 61.7 Å². The smallest absolute Gasteiger partial charge is 0.191 e. The van der Waals surface area contributed by atoms with Crippen molar-refractivity contribution in [3.8, 4) is 0 Å². The summed E-state index contributed by atoms with van der Waals surface area (Å²) < 4.78 is 2.11. The van der Waals surface area contributed by atoms with Crippen LogP contribution >= 0.6 is 11.3 Å². The van der Waals surface area contributed by atoms with Gasteiger partial charge in [-0.15, -0.1) is 21.5 Å². The lowest BCUT2D eigenvalue weighted by molar-refractivity contribution is 0.206. The van der Waals surface area contributed by atoms with Crippen LogP contribution in [-0.2, 0) is 19.4 Å². The van der Waals surface area contributed by atoms with Crippen molar-refractivity contribution >= 4 is 17.3 Å². The fourth-order valence-electron chi connectivity index (χ4n) is 3.73. The summed E-state index contributed by atoms with van der Waals surface area (Å²) in [6.07, 6.45) is 7.29. The number of aryl methyl sites for hydroxylation is 1. The molecule has 0 radical (unpaired) electrons. The monoisotopic (exact) mass is 417 g/mol. The quantitative estimate of drug-likeness (QED) is 0.459. The van der Waals surface area contributed by atoms with Gasteiger partial charge < -0.3 is 20.1 Å². The SMILES string of the molecule is CCCN1CCC(NC(=NCCc2cccs2)NCCn2cnnc2CC)CC1. The number of thiophene rings is 1. The Kier molecular flexibility index (Phi) is 8.95. The van der Waals surface area contributed by atoms with Gasteiger partial charge >= 0.3 is 0 Å². The second-order valence-electron chi connectivity index (χ2n) is 7.54. The van der Waals surface area contributed by atoms with Gasteiger partial charge in [-0.05, 0) is 37.3 Å². The summed E-state index contributed by atoms with van der Waals surface area (Å²) in [6.45, 7) is 10.4. The lowest BCUT2D eigenvalue weighted by Gasteiger charge is -2.32. The van der Waals surface area contributed by atoms with Gasteiger partial charge in [-0.25, -0.2) is 0 Å². The zero-order valence-electron chi connectivity index (χ0n) is 17.8. The van der Waals surface area contributed by atoms with E-state index in [0.717, 1.165) is 44.3 Å². The maximum atomic E-state index is 4.86. The molecule has 0 atom stereocenters. The van der Waals surface area contributed by atoms with Gasteiger partial charge in [0.05, 0.1) is 0 Å². The molecule has 0 amide bonds. The van der Waals surface area contributed by atoms with E-state index in [1.165, 1.54) is 43.8 Å². The second kappa shape index (κ2) is 11.9. The number of piperidine rings is 1. The van der Waals surface area contributed by atoms with E-state index in [4.69, 9.17) is 4.99 Å². The van der Waals surface area contributed by atoms with Crippen LogP contribution in [0.4, 0.5) is 0 Å². The molecule has 0 spiro atoms. The fourth-order valence-corrected chi connectivity index (χ4v) is 4.43. The normalized spacial score (nSPS) is 16.3. The highest BCUT2D eigenvalue weighted by atomic mass is 32.1. The van der Waals surface area contributed by atoms with E-state index in [0.29, 0.717) is 6.04 Å². The van der Waals surface area contributed by atoms with Crippen LogP contribution in [0.15, 0.2) is 28.8 Å². The highest BCUT2D eigenvalue weighted by Gasteiger charge is 2.19. The zero-order valence-corrected chi connectivity index (χ0v) is 18.6. The summed E-state index contributed by atoms with van der Waals surface area (Å²) in [5, 5.41) is 17.5. The molecule has 1 aliphatic rings. The molecule has 29 heavy (non-hydrogen) atoms. The third-order valence-corrected chi connectivity index (χ3v) is 6.27. The van der Waals surface area contributed by atoms with Crippen LogP contribution < -0.4 is 10.6 Å². The molecular weight excluding hydrogens is 382 g/mol. The van der Waals surface area contributed by atoms with E-state index in [-0.39, 0.29) is 0 Å². The van der Waals surface area contributed by atoms with E-state index >= 15 is 0 Å². The molecule has 0 aliphatic carbocycles. The van der Waals surface area contributed by atoms with Gasteiger partial charge in [-0.1, -0.05) is 19.9 Å². The molecule has 8 heteroatoms. The van der Waals surface area contributed by atoms with Crippen LogP contribution in [-0.4, -0.2) is 64.4 Å².